The number of benzene rings is 2. The molecule has 0 aromatic heterocycles. The Kier molecular flexibility index (Phi) is 5.96. The lowest BCUT2D eigenvalue weighted by atomic mass is 9.88. The van der Waals surface area contributed by atoms with Gasteiger partial charge in [-0.25, -0.2) is 0 Å². The maximum absolute atomic E-state index is 6.32. The predicted molar refractivity (Wildman–Crippen MR) is 96.0 cm³/mol. The number of halogens is 2. The van der Waals surface area contributed by atoms with Gasteiger partial charge < -0.3 is 10.1 Å². The zero-order valence-corrected chi connectivity index (χ0v) is 14.5. The minimum Gasteiger partial charge on any atom is -0.369 e. The summed E-state index contributed by atoms with van der Waals surface area (Å²) in [6, 6.07) is 16.2. The van der Waals surface area contributed by atoms with Crippen molar-refractivity contribution in [1.82, 2.24) is 5.32 Å². The summed E-state index contributed by atoms with van der Waals surface area (Å²) in [6.07, 6.45) is 2.40. The molecule has 1 atom stereocenters. The van der Waals surface area contributed by atoms with Gasteiger partial charge in [-0.05, 0) is 55.1 Å². The molecule has 1 fully saturated rings. The Hall–Kier alpha value is -1.06. The topological polar surface area (TPSA) is 21.3 Å². The van der Waals surface area contributed by atoms with Crippen LogP contribution in [0.5, 0.6) is 0 Å². The van der Waals surface area contributed by atoms with Crippen molar-refractivity contribution in [3.63, 3.8) is 0 Å². The second-order valence-electron chi connectivity index (χ2n) is 5.98. The largest absolute Gasteiger partial charge is 0.369 e. The smallest absolute Gasteiger partial charge is 0.0858 e. The third-order valence-corrected chi connectivity index (χ3v) is 5.09. The molecular weight excluding hydrogens is 329 g/mol. The van der Waals surface area contributed by atoms with Crippen LogP contribution in [0.2, 0.25) is 10.0 Å². The van der Waals surface area contributed by atoms with E-state index in [0.717, 1.165) is 31.5 Å². The zero-order chi connectivity index (χ0) is 16.1. The maximum atomic E-state index is 6.32. The number of nitrogens with one attached hydrogen (secondary N) is 1. The van der Waals surface area contributed by atoms with Crippen molar-refractivity contribution in [3.05, 3.63) is 69.7 Å². The molecule has 0 spiro atoms. The first-order valence-corrected chi connectivity index (χ1v) is 8.81. The van der Waals surface area contributed by atoms with Crippen LogP contribution in [-0.4, -0.2) is 13.1 Å². The van der Waals surface area contributed by atoms with Gasteiger partial charge in [0.25, 0.3) is 0 Å². The maximum Gasteiger partial charge on any atom is 0.0858 e. The average molecular weight is 350 g/mol. The molecule has 1 aliphatic rings. The highest BCUT2D eigenvalue weighted by molar-refractivity contribution is 6.42. The van der Waals surface area contributed by atoms with Crippen molar-refractivity contribution in [3.8, 4) is 0 Å². The summed E-state index contributed by atoms with van der Waals surface area (Å²) in [5.74, 6) is 0.543. The molecule has 2 nitrogen and oxygen atoms in total. The highest BCUT2D eigenvalue weighted by Gasteiger charge is 2.25. The molecule has 1 heterocycles. The standard InChI is InChI=1S/C19H21Cl2NO/c20-17-7-6-14(12-18(17)21)13-23-19(15-4-2-1-3-5-15)16-8-10-22-11-9-16/h1-7,12,16,19,22H,8-11,13H2. The van der Waals surface area contributed by atoms with E-state index < -0.39 is 0 Å². The van der Waals surface area contributed by atoms with E-state index in [0.29, 0.717) is 22.6 Å². The highest BCUT2D eigenvalue weighted by atomic mass is 35.5. The second-order valence-corrected chi connectivity index (χ2v) is 6.79. The summed E-state index contributed by atoms with van der Waals surface area (Å²) < 4.78 is 6.32. The van der Waals surface area contributed by atoms with Crippen molar-refractivity contribution in [2.24, 2.45) is 5.92 Å². The lowest BCUT2D eigenvalue weighted by Crippen LogP contribution is -2.31. The first kappa shape index (κ1) is 16.8. The molecular formula is C19H21Cl2NO. The quantitative estimate of drug-likeness (QED) is 0.795. The van der Waals surface area contributed by atoms with Crippen LogP contribution in [0.25, 0.3) is 0 Å². The Morgan fingerprint density at radius 3 is 2.43 bits per heavy atom. The molecule has 122 valence electrons. The van der Waals surface area contributed by atoms with E-state index in [9.17, 15) is 0 Å². The summed E-state index contributed by atoms with van der Waals surface area (Å²) in [5.41, 5.74) is 2.30. The fourth-order valence-electron chi connectivity index (χ4n) is 3.11. The molecule has 0 bridgehead atoms. The lowest BCUT2D eigenvalue weighted by Gasteiger charge is -2.31. The molecule has 1 saturated heterocycles. The summed E-state index contributed by atoms with van der Waals surface area (Å²) in [5, 5.41) is 4.57. The van der Waals surface area contributed by atoms with E-state index in [1.807, 2.05) is 24.3 Å². The molecule has 1 unspecified atom stereocenters. The third kappa shape index (κ3) is 4.48. The van der Waals surface area contributed by atoms with Gasteiger partial charge in [0.05, 0.1) is 22.8 Å². The highest BCUT2D eigenvalue weighted by Crippen LogP contribution is 2.33. The number of hydrogen-bond donors (Lipinski definition) is 1. The van der Waals surface area contributed by atoms with Gasteiger partial charge in [0, 0.05) is 0 Å². The summed E-state index contributed by atoms with van der Waals surface area (Å²) in [6.45, 7) is 2.66. The van der Waals surface area contributed by atoms with Crippen LogP contribution in [0.4, 0.5) is 0 Å². The van der Waals surface area contributed by atoms with Crippen LogP contribution >= 0.6 is 23.2 Å². The Morgan fingerprint density at radius 1 is 1.00 bits per heavy atom. The summed E-state index contributed by atoms with van der Waals surface area (Å²) in [7, 11) is 0. The molecule has 1 aliphatic heterocycles. The molecule has 0 amide bonds. The van der Waals surface area contributed by atoms with Crippen LogP contribution in [0.15, 0.2) is 48.5 Å². The minimum absolute atomic E-state index is 0.118. The fraction of sp³-hybridized carbons (Fsp3) is 0.368. The van der Waals surface area contributed by atoms with Crippen molar-refractivity contribution in [2.75, 3.05) is 13.1 Å². The predicted octanol–water partition coefficient (Wildman–Crippen LogP) is 5.25. The molecule has 2 aromatic carbocycles. The Labute approximate surface area is 147 Å². The molecule has 3 rings (SSSR count). The number of rotatable bonds is 5. The SMILES string of the molecule is Clc1ccc(COC(c2ccccc2)C2CCNCC2)cc1Cl. The van der Waals surface area contributed by atoms with E-state index in [1.165, 1.54) is 5.56 Å². The number of piperidine rings is 1. The molecule has 2 aromatic rings. The lowest BCUT2D eigenvalue weighted by molar-refractivity contribution is -0.0102. The Morgan fingerprint density at radius 2 is 1.74 bits per heavy atom. The van der Waals surface area contributed by atoms with Crippen molar-refractivity contribution in [2.45, 2.75) is 25.6 Å². The van der Waals surface area contributed by atoms with E-state index in [4.69, 9.17) is 27.9 Å². The monoisotopic (exact) mass is 349 g/mol. The van der Waals surface area contributed by atoms with E-state index in [-0.39, 0.29) is 6.10 Å². The Balaban J connectivity index is 1.74. The first-order chi connectivity index (χ1) is 11.2. The van der Waals surface area contributed by atoms with Gasteiger partial charge in [-0.15, -0.1) is 0 Å². The van der Waals surface area contributed by atoms with Gasteiger partial charge in [-0.1, -0.05) is 59.6 Å². The van der Waals surface area contributed by atoms with Crippen molar-refractivity contribution >= 4 is 23.2 Å². The molecule has 4 heteroatoms. The normalized spacial score (nSPS) is 17.1. The summed E-state index contributed by atoms with van der Waals surface area (Å²) in [4.78, 5) is 0. The van der Waals surface area contributed by atoms with Crippen LogP contribution in [0.1, 0.15) is 30.1 Å². The molecule has 23 heavy (non-hydrogen) atoms. The van der Waals surface area contributed by atoms with Crippen LogP contribution in [0.3, 0.4) is 0 Å². The molecule has 0 radical (unpaired) electrons. The van der Waals surface area contributed by atoms with Gasteiger partial charge in [0.1, 0.15) is 0 Å². The van der Waals surface area contributed by atoms with Crippen molar-refractivity contribution < 1.29 is 4.74 Å². The number of ether oxygens (including phenoxy) is 1. The summed E-state index contributed by atoms with van der Waals surface area (Å²) >= 11 is 12.1. The van der Waals surface area contributed by atoms with Gasteiger partial charge in [-0.2, -0.15) is 0 Å². The number of hydrogen-bond acceptors (Lipinski definition) is 2. The van der Waals surface area contributed by atoms with Crippen LogP contribution in [-0.2, 0) is 11.3 Å². The van der Waals surface area contributed by atoms with Crippen LogP contribution < -0.4 is 5.32 Å². The van der Waals surface area contributed by atoms with Gasteiger partial charge >= 0.3 is 0 Å². The molecule has 0 aliphatic carbocycles. The van der Waals surface area contributed by atoms with Gasteiger partial charge in [-0.3, -0.25) is 0 Å². The first-order valence-electron chi connectivity index (χ1n) is 8.05. The van der Waals surface area contributed by atoms with E-state index >= 15 is 0 Å². The third-order valence-electron chi connectivity index (χ3n) is 4.35. The van der Waals surface area contributed by atoms with E-state index in [2.05, 4.69) is 29.6 Å². The zero-order valence-electron chi connectivity index (χ0n) is 13.0. The van der Waals surface area contributed by atoms with Gasteiger partial charge in [0.2, 0.25) is 0 Å². The molecule has 1 N–H and O–H groups in total. The van der Waals surface area contributed by atoms with Crippen LogP contribution in [0, 0.1) is 5.92 Å². The molecule has 0 saturated carbocycles. The second kappa shape index (κ2) is 8.16. The van der Waals surface area contributed by atoms with Gasteiger partial charge in [0.15, 0.2) is 0 Å². The van der Waals surface area contributed by atoms with Crippen molar-refractivity contribution in [1.29, 1.82) is 0 Å². The fourth-order valence-corrected chi connectivity index (χ4v) is 3.43. The Bertz CT molecular complexity index is 627. The average Bonchev–Trinajstić information content (AvgIpc) is 2.60. The minimum atomic E-state index is 0.118. The van der Waals surface area contributed by atoms with E-state index in [1.54, 1.807) is 0 Å².